The third-order valence-electron chi connectivity index (χ3n) is 4.40. The smallest absolute Gasteiger partial charge is 0.258 e. The second-order valence-electron chi connectivity index (χ2n) is 6.36. The molecule has 3 fully saturated rings. The van der Waals surface area contributed by atoms with Crippen LogP contribution in [-0.2, 0) is 4.79 Å². The van der Waals surface area contributed by atoms with Crippen LogP contribution in [0.5, 0.6) is 5.75 Å². The highest BCUT2D eigenvalue weighted by atomic mass is 35.5. The molecule has 0 aromatic heterocycles. The number of carbonyl (C=O) groups is 1. The normalized spacial score (nSPS) is 30.8. The lowest BCUT2D eigenvalue weighted by Crippen LogP contribution is -2.55. The fraction of sp³-hybridized carbons (Fsp3) is 0.533. The van der Waals surface area contributed by atoms with Crippen LogP contribution in [0.4, 0.5) is 4.39 Å². The van der Waals surface area contributed by atoms with E-state index in [1.807, 2.05) is 0 Å². The summed E-state index contributed by atoms with van der Waals surface area (Å²) in [5, 5.41) is 3.10. The third kappa shape index (κ3) is 2.49. The minimum Gasteiger partial charge on any atom is -0.484 e. The highest BCUT2D eigenvalue weighted by molar-refractivity contribution is 6.30. The minimum absolute atomic E-state index is 0.0135. The van der Waals surface area contributed by atoms with Crippen LogP contribution in [0.25, 0.3) is 0 Å². The number of nitrogens with one attached hydrogen (secondary N) is 1. The van der Waals surface area contributed by atoms with Crippen molar-refractivity contribution >= 4 is 17.5 Å². The molecule has 3 nitrogen and oxygen atoms in total. The van der Waals surface area contributed by atoms with Crippen molar-refractivity contribution in [3.05, 3.63) is 29.0 Å². The van der Waals surface area contributed by atoms with E-state index in [9.17, 15) is 9.18 Å². The Kier molecular flexibility index (Phi) is 3.16. The fourth-order valence-electron chi connectivity index (χ4n) is 3.67. The van der Waals surface area contributed by atoms with Crippen LogP contribution in [-0.4, -0.2) is 18.1 Å². The Hall–Kier alpha value is -1.29. The first-order valence-electron chi connectivity index (χ1n) is 6.79. The maximum absolute atomic E-state index is 13.2. The van der Waals surface area contributed by atoms with Crippen LogP contribution in [0.1, 0.15) is 32.6 Å². The summed E-state index contributed by atoms with van der Waals surface area (Å²) in [7, 11) is 0. The molecule has 1 amide bonds. The Morgan fingerprint density at radius 3 is 2.80 bits per heavy atom. The van der Waals surface area contributed by atoms with Gasteiger partial charge in [0.15, 0.2) is 6.61 Å². The molecule has 1 aromatic rings. The van der Waals surface area contributed by atoms with E-state index in [0.717, 1.165) is 19.3 Å². The van der Waals surface area contributed by atoms with Gasteiger partial charge in [-0.25, -0.2) is 4.39 Å². The zero-order chi connectivity index (χ0) is 14.4. The van der Waals surface area contributed by atoms with E-state index in [-0.39, 0.29) is 23.1 Å². The van der Waals surface area contributed by atoms with Gasteiger partial charge >= 0.3 is 0 Å². The summed E-state index contributed by atoms with van der Waals surface area (Å²) in [4.78, 5) is 11.9. The highest BCUT2D eigenvalue weighted by Gasteiger charge is 2.58. The first kappa shape index (κ1) is 13.7. The van der Waals surface area contributed by atoms with E-state index < -0.39 is 5.82 Å². The van der Waals surface area contributed by atoms with Crippen LogP contribution in [0, 0.1) is 11.2 Å². The number of ether oxygens (including phenoxy) is 1. The van der Waals surface area contributed by atoms with E-state index in [1.165, 1.54) is 18.6 Å². The average molecular weight is 298 g/mol. The van der Waals surface area contributed by atoms with Crippen molar-refractivity contribution in [2.24, 2.45) is 5.41 Å². The Morgan fingerprint density at radius 2 is 2.20 bits per heavy atom. The summed E-state index contributed by atoms with van der Waals surface area (Å²) in [5.41, 5.74) is 0.411. The van der Waals surface area contributed by atoms with Crippen molar-refractivity contribution in [2.45, 2.75) is 38.1 Å². The molecular formula is C15H17ClFNO2. The molecule has 0 spiro atoms. The van der Waals surface area contributed by atoms with Crippen LogP contribution < -0.4 is 10.1 Å². The molecule has 4 rings (SSSR count). The maximum Gasteiger partial charge on any atom is 0.258 e. The lowest BCUT2D eigenvalue weighted by Gasteiger charge is -2.45. The molecule has 20 heavy (non-hydrogen) atoms. The van der Waals surface area contributed by atoms with Gasteiger partial charge in [0.25, 0.3) is 5.91 Å². The molecule has 0 aliphatic heterocycles. The van der Waals surface area contributed by atoms with E-state index in [1.54, 1.807) is 6.07 Å². The minimum atomic E-state index is -0.547. The molecule has 108 valence electrons. The number of benzene rings is 1. The summed E-state index contributed by atoms with van der Waals surface area (Å²) in [6.45, 7) is 2.16. The topological polar surface area (TPSA) is 38.3 Å². The molecule has 0 radical (unpaired) electrons. The van der Waals surface area contributed by atoms with Gasteiger partial charge in [0.2, 0.25) is 0 Å². The molecule has 2 bridgehead atoms. The molecule has 3 saturated carbocycles. The van der Waals surface area contributed by atoms with Crippen molar-refractivity contribution < 1.29 is 13.9 Å². The molecule has 3 aliphatic rings. The summed E-state index contributed by atoms with van der Waals surface area (Å²) in [6, 6.07) is 4.15. The number of hydrogen-bond acceptors (Lipinski definition) is 2. The predicted molar refractivity (Wildman–Crippen MR) is 74.4 cm³/mol. The number of carbonyl (C=O) groups excluding carboxylic acids is 1. The SMILES string of the molecule is CC12CCC(NC(=O)COc3ccc(Cl)c(F)c3)(C1)C2. The van der Waals surface area contributed by atoms with Gasteiger partial charge in [-0.1, -0.05) is 18.5 Å². The van der Waals surface area contributed by atoms with E-state index >= 15 is 0 Å². The van der Waals surface area contributed by atoms with Crippen LogP contribution in [0.15, 0.2) is 18.2 Å². The Labute approximate surface area is 122 Å². The van der Waals surface area contributed by atoms with Gasteiger partial charge in [0.1, 0.15) is 11.6 Å². The Bertz CT molecular complexity index is 555. The van der Waals surface area contributed by atoms with Crippen molar-refractivity contribution in [3.8, 4) is 5.75 Å². The van der Waals surface area contributed by atoms with Gasteiger partial charge in [0, 0.05) is 11.6 Å². The largest absolute Gasteiger partial charge is 0.484 e. The first-order valence-corrected chi connectivity index (χ1v) is 7.17. The number of rotatable bonds is 4. The Balaban J connectivity index is 1.51. The van der Waals surface area contributed by atoms with Gasteiger partial charge in [-0.3, -0.25) is 4.79 Å². The fourth-order valence-corrected chi connectivity index (χ4v) is 3.79. The third-order valence-corrected chi connectivity index (χ3v) is 4.71. The number of amides is 1. The van der Waals surface area contributed by atoms with Crippen molar-refractivity contribution in [1.82, 2.24) is 5.32 Å². The molecule has 5 heteroatoms. The lowest BCUT2D eigenvalue weighted by molar-refractivity contribution is -0.126. The summed E-state index contributed by atoms with van der Waals surface area (Å²) in [5.74, 6) is -0.387. The van der Waals surface area contributed by atoms with Crippen molar-refractivity contribution in [1.29, 1.82) is 0 Å². The van der Waals surface area contributed by atoms with E-state index in [4.69, 9.17) is 16.3 Å². The molecular weight excluding hydrogens is 281 g/mol. The monoisotopic (exact) mass is 297 g/mol. The molecule has 0 saturated heterocycles. The van der Waals surface area contributed by atoms with Crippen molar-refractivity contribution in [3.63, 3.8) is 0 Å². The van der Waals surface area contributed by atoms with Gasteiger partial charge in [0.05, 0.1) is 5.02 Å². The standard InChI is InChI=1S/C15H17ClFNO2/c1-14-4-5-15(8-14,9-14)18-13(19)7-20-10-2-3-11(16)12(17)6-10/h2-3,6H,4-5,7-9H2,1H3,(H,18,19). The van der Waals surface area contributed by atoms with E-state index in [2.05, 4.69) is 12.2 Å². The summed E-state index contributed by atoms with van der Waals surface area (Å²) < 4.78 is 18.5. The number of halogens is 2. The van der Waals surface area contributed by atoms with Crippen LogP contribution >= 0.6 is 11.6 Å². The molecule has 0 heterocycles. The Morgan fingerprint density at radius 1 is 1.45 bits per heavy atom. The lowest BCUT2D eigenvalue weighted by atomic mass is 9.66. The number of hydrogen-bond donors (Lipinski definition) is 1. The second-order valence-corrected chi connectivity index (χ2v) is 6.76. The molecule has 3 aliphatic carbocycles. The first-order chi connectivity index (χ1) is 9.40. The highest BCUT2D eigenvalue weighted by Crippen LogP contribution is 2.60. The summed E-state index contributed by atoms with van der Waals surface area (Å²) >= 11 is 5.58. The van der Waals surface area contributed by atoms with Gasteiger partial charge in [-0.05, 0) is 43.2 Å². The quantitative estimate of drug-likeness (QED) is 0.926. The second kappa shape index (κ2) is 4.62. The van der Waals surface area contributed by atoms with Crippen molar-refractivity contribution in [2.75, 3.05) is 6.61 Å². The maximum atomic E-state index is 13.2. The molecule has 0 unspecified atom stereocenters. The molecule has 0 atom stereocenters. The van der Waals surface area contributed by atoms with Crippen LogP contribution in [0.2, 0.25) is 5.02 Å². The van der Waals surface area contributed by atoms with E-state index in [0.29, 0.717) is 11.2 Å². The average Bonchev–Trinajstić information content (AvgIpc) is 2.83. The molecule has 1 aromatic carbocycles. The van der Waals surface area contributed by atoms with Gasteiger partial charge < -0.3 is 10.1 Å². The zero-order valence-corrected chi connectivity index (χ0v) is 12.1. The van der Waals surface area contributed by atoms with Crippen LogP contribution in [0.3, 0.4) is 0 Å². The number of fused-ring (bicyclic) bond motifs is 1. The predicted octanol–water partition coefficient (Wildman–Crippen LogP) is 3.31. The summed E-state index contributed by atoms with van der Waals surface area (Å²) in [6.07, 6.45) is 4.34. The zero-order valence-electron chi connectivity index (χ0n) is 11.3. The van der Waals surface area contributed by atoms with Gasteiger partial charge in [-0.2, -0.15) is 0 Å². The molecule has 1 N–H and O–H groups in total. The van der Waals surface area contributed by atoms with Gasteiger partial charge in [-0.15, -0.1) is 0 Å².